The summed E-state index contributed by atoms with van der Waals surface area (Å²) >= 11 is 1.34. The van der Waals surface area contributed by atoms with Crippen molar-refractivity contribution in [1.29, 1.82) is 0 Å². The van der Waals surface area contributed by atoms with Crippen LogP contribution in [-0.4, -0.2) is 28.4 Å². The van der Waals surface area contributed by atoms with Crippen molar-refractivity contribution in [2.24, 2.45) is 0 Å². The van der Waals surface area contributed by atoms with Crippen molar-refractivity contribution < 1.29 is 19.1 Å². The molecule has 1 aromatic heterocycles. The van der Waals surface area contributed by atoms with Crippen molar-refractivity contribution in [3.63, 3.8) is 0 Å². The van der Waals surface area contributed by atoms with Gasteiger partial charge in [0.15, 0.2) is 0 Å². The molecule has 0 spiro atoms. The van der Waals surface area contributed by atoms with E-state index < -0.39 is 19.5 Å². The second kappa shape index (κ2) is 7.17. The van der Waals surface area contributed by atoms with Crippen molar-refractivity contribution in [2.45, 2.75) is 25.9 Å². The number of rotatable bonds is 5. The van der Waals surface area contributed by atoms with Crippen LogP contribution < -0.4 is 10.1 Å². The molecule has 0 radical (unpaired) electrons. The summed E-state index contributed by atoms with van der Waals surface area (Å²) in [5, 5.41) is 11.0. The third kappa shape index (κ3) is 3.06. The van der Waals surface area contributed by atoms with E-state index in [1.807, 2.05) is 35.7 Å². The minimum absolute atomic E-state index is 0.265. The maximum Gasteiger partial charge on any atom is 0.313 e. The monoisotopic (exact) mass is 366 g/mol. The molecule has 0 bridgehead atoms. The average Bonchev–Trinajstić information content (AvgIpc) is 3.15. The van der Waals surface area contributed by atoms with E-state index in [0.717, 1.165) is 11.1 Å². The first kappa shape index (κ1) is 17.3. The van der Waals surface area contributed by atoms with Gasteiger partial charge >= 0.3 is 7.52 Å². The number of amides is 1. The molecule has 0 saturated heterocycles. The molecule has 2 N–H and O–H groups in total. The Kier molecular flexibility index (Phi) is 5.18. The summed E-state index contributed by atoms with van der Waals surface area (Å²) in [5.41, 5.74) is 3.72. The molecule has 1 aliphatic heterocycles. The molecule has 2 heterocycles. The van der Waals surface area contributed by atoms with Gasteiger partial charge < -0.3 is 4.52 Å². The molecule has 2 atom stereocenters. The highest BCUT2D eigenvalue weighted by atomic mass is 32.1. The lowest BCUT2D eigenvalue weighted by molar-refractivity contribution is -0.133. The molecule has 6 nitrogen and oxygen atoms in total. The lowest BCUT2D eigenvalue weighted by Crippen LogP contribution is -2.49. The Morgan fingerprint density at radius 3 is 2.75 bits per heavy atom. The van der Waals surface area contributed by atoms with E-state index in [1.165, 1.54) is 11.3 Å². The fourth-order valence-electron chi connectivity index (χ4n) is 2.96. The van der Waals surface area contributed by atoms with Gasteiger partial charge in [-0.1, -0.05) is 30.3 Å². The van der Waals surface area contributed by atoms with Gasteiger partial charge in [-0.05, 0) is 35.9 Å². The molecule has 1 aromatic carbocycles. The minimum atomic E-state index is -3.40. The van der Waals surface area contributed by atoms with Crippen molar-refractivity contribution in [3.8, 4) is 0 Å². The molecule has 1 aliphatic rings. The van der Waals surface area contributed by atoms with Crippen LogP contribution in [0.2, 0.25) is 0 Å². The minimum Gasteiger partial charge on any atom is -0.314 e. The van der Waals surface area contributed by atoms with Gasteiger partial charge in [-0.25, -0.2) is 10.2 Å². The van der Waals surface area contributed by atoms with Crippen LogP contribution in [0.4, 0.5) is 0 Å². The molecule has 3 rings (SSSR count). The summed E-state index contributed by atoms with van der Waals surface area (Å²) in [7, 11) is -3.40. The van der Waals surface area contributed by atoms with E-state index in [4.69, 9.17) is 9.73 Å². The number of carbonyl (C=O) groups is 1. The second-order valence-corrected chi connectivity index (χ2v) is 9.00. The van der Waals surface area contributed by atoms with E-state index in [9.17, 15) is 9.36 Å². The van der Waals surface area contributed by atoms with Crippen molar-refractivity contribution in [1.82, 2.24) is 10.2 Å². The van der Waals surface area contributed by atoms with E-state index >= 15 is 0 Å². The summed E-state index contributed by atoms with van der Waals surface area (Å²) in [6.45, 7) is 2.36. The summed E-state index contributed by atoms with van der Waals surface area (Å²) in [6, 6.07) is 10.5. The molecule has 0 aliphatic carbocycles. The van der Waals surface area contributed by atoms with Gasteiger partial charge in [0.05, 0.1) is 6.61 Å². The lowest BCUT2D eigenvalue weighted by Gasteiger charge is -2.39. The Hall–Kier alpha value is -1.50. The molecule has 1 amide bonds. The topological polar surface area (TPSA) is 78.9 Å². The number of nitrogens with zero attached hydrogens (tertiary/aromatic N) is 1. The van der Waals surface area contributed by atoms with E-state index in [-0.39, 0.29) is 6.61 Å². The molecule has 8 heteroatoms. The fourth-order valence-corrected chi connectivity index (χ4v) is 6.65. The standard InChI is InChI=1S/C16H19N2O4PS/c1-2-22-23(21,15-8-5-9-24-15)18-11-13-7-4-3-6-12(13)10-14(18)16(19)17-20/h3-9,14,20H,2,10-11H2,1H3,(H,17,19)/t14-,23-/m1/s1. The highest BCUT2D eigenvalue weighted by Gasteiger charge is 2.44. The Bertz CT molecular complexity index is 765. The first-order valence-corrected chi connectivity index (χ1v) is 10.1. The van der Waals surface area contributed by atoms with Crippen LogP contribution in [0.25, 0.3) is 0 Å². The molecular formula is C16H19N2O4PS. The van der Waals surface area contributed by atoms with Gasteiger partial charge in [0, 0.05) is 6.54 Å². The van der Waals surface area contributed by atoms with E-state index in [2.05, 4.69) is 0 Å². The smallest absolute Gasteiger partial charge is 0.313 e. The second-order valence-electron chi connectivity index (χ2n) is 5.45. The third-order valence-electron chi connectivity index (χ3n) is 4.06. The summed E-state index contributed by atoms with van der Waals surface area (Å²) < 4.78 is 21.6. The number of hydroxylamine groups is 1. The molecular weight excluding hydrogens is 347 g/mol. The Balaban J connectivity index is 2.07. The van der Waals surface area contributed by atoms with Crippen LogP contribution in [0.1, 0.15) is 18.1 Å². The highest BCUT2D eigenvalue weighted by molar-refractivity contribution is 7.70. The maximum absolute atomic E-state index is 13.7. The van der Waals surface area contributed by atoms with Crippen LogP contribution in [0.15, 0.2) is 41.8 Å². The summed E-state index contributed by atoms with van der Waals surface area (Å²) in [5.74, 6) is -0.582. The lowest BCUT2D eigenvalue weighted by atomic mass is 9.95. The van der Waals surface area contributed by atoms with Gasteiger partial charge in [0.25, 0.3) is 5.91 Å². The maximum atomic E-state index is 13.7. The molecule has 24 heavy (non-hydrogen) atoms. The van der Waals surface area contributed by atoms with Gasteiger partial charge in [-0.2, -0.15) is 0 Å². The largest absolute Gasteiger partial charge is 0.314 e. The number of thiophene rings is 1. The molecule has 0 fully saturated rings. The van der Waals surface area contributed by atoms with Crippen LogP contribution in [-0.2, 0) is 26.8 Å². The molecule has 128 valence electrons. The SMILES string of the molecule is CCO[P@](=O)(c1cccs1)N1Cc2ccccc2C[C@@H]1C(=O)NO. The van der Waals surface area contributed by atoms with Crippen molar-refractivity contribution in [3.05, 3.63) is 52.9 Å². The zero-order valence-electron chi connectivity index (χ0n) is 13.2. The van der Waals surface area contributed by atoms with E-state index in [1.54, 1.807) is 23.1 Å². The Labute approximate surface area is 144 Å². The first-order valence-electron chi connectivity index (χ1n) is 7.66. The van der Waals surface area contributed by atoms with E-state index in [0.29, 0.717) is 17.6 Å². The number of fused-ring (bicyclic) bond motifs is 1. The van der Waals surface area contributed by atoms with Gasteiger partial charge in [0.1, 0.15) is 10.7 Å². The first-order chi connectivity index (χ1) is 11.6. The summed E-state index contributed by atoms with van der Waals surface area (Å²) in [4.78, 5) is 12.2. The van der Waals surface area contributed by atoms with Crippen molar-refractivity contribution in [2.75, 3.05) is 6.61 Å². The number of carbonyl (C=O) groups excluding carboxylic acids is 1. The highest BCUT2D eigenvalue weighted by Crippen LogP contribution is 2.54. The normalized spacial score (nSPS) is 20.2. The third-order valence-corrected chi connectivity index (χ3v) is 8.15. The Morgan fingerprint density at radius 1 is 1.38 bits per heavy atom. The number of nitrogens with one attached hydrogen (secondary N) is 1. The summed E-state index contributed by atoms with van der Waals surface area (Å²) in [6.07, 6.45) is 0.366. The van der Waals surface area contributed by atoms with Gasteiger partial charge in [0.2, 0.25) is 0 Å². The quantitative estimate of drug-likeness (QED) is 0.483. The molecule has 0 unspecified atom stereocenters. The molecule has 0 saturated carbocycles. The predicted molar refractivity (Wildman–Crippen MR) is 92.6 cm³/mol. The molecule has 2 aromatic rings. The Morgan fingerprint density at radius 2 is 2.12 bits per heavy atom. The fraction of sp³-hybridized carbons (Fsp3) is 0.312. The van der Waals surface area contributed by atoms with Crippen LogP contribution >= 0.6 is 18.9 Å². The predicted octanol–water partition coefficient (Wildman–Crippen LogP) is 2.54. The number of hydrogen-bond acceptors (Lipinski definition) is 5. The van der Waals surface area contributed by atoms with Gasteiger partial charge in [-0.15, -0.1) is 11.3 Å². The number of benzene rings is 1. The zero-order valence-corrected chi connectivity index (χ0v) is 14.9. The zero-order chi connectivity index (χ0) is 17.2. The van der Waals surface area contributed by atoms with Crippen LogP contribution in [0, 0.1) is 0 Å². The number of hydrogen-bond donors (Lipinski definition) is 2. The van der Waals surface area contributed by atoms with Gasteiger partial charge in [-0.3, -0.25) is 14.6 Å². The van der Waals surface area contributed by atoms with Crippen LogP contribution in [0.3, 0.4) is 0 Å². The van der Waals surface area contributed by atoms with Crippen LogP contribution in [0.5, 0.6) is 0 Å². The van der Waals surface area contributed by atoms with Crippen molar-refractivity contribution >= 4 is 29.4 Å². The average molecular weight is 366 g/mol.